The lowest BCUT2D eigenvalue weighted by Crippen LogP contribution is -2.43. The normalized spacial score (nSPS) is 26.9. The van der Waals surface area contributed by atoms with E-state index in [-0.39, 0.29) is 0 Å². The summed E-state index contributed by atoms with van der Waals surface area (Å²) in [5.41, 5.74) is 5.70. The molecule has 3 N–H and O–H groups in total. The topological polar surface area (TPSA) is 62.4 Å². The van der Waals surface area contributed by atoms with Gasteiger partial charge in [0.2, 0.25) is 0 Å². The molecular formula is C16H27N3O. The van der Waals surface area contributed by atoms with Crippen LogP contribution in [-0.4, -0.2) is 40.7 Å². The molecule has 0 atom stereocenters. The van der Waals surface area contributed by atoms with Crippen LogP contribution in [0.1, 0.15) is 44.7 Å². The summed E-state index contributed by atoms with van der Waals surface area (Å²) in [6.45, 7) is 5.09. The molecule has 0 radical (unpaired) electrons. The van der Waals surface area contributed by atoms with Gasteiger partial charge in [0.15, 0.2) is 0 Å². The van der Waals surface area contributed by atoms with Crippen molar-refractivity contribution in [3.05, 3.63) is 30.1 Å². The third-order valence-electron chi connectivity index (χ3n) is 4.50. The third-order valence-corrected chi connectivity index (χ3v) is 4.50. The number of aliphatic hydroxyl groups is 1. The van der Waals surface area contributed by atoms with Gasteiger partial charge in [0.05, 0.1) is 5.69 Å². The number of rotatable bonds is 6. The Morgan fingerprint density at radius 2 is 2.15 bits per heavy atom. The molecule has 1 aliphatic carbocycles. The molecule has 0 bridgehead atoms. The van der Waals surface area contributed by atoms with Gasteiger partial charge in [-0.25, -0.2) is 0 Å². The van der Waals surface area contributed by atoms with Crippen molar-refractivity contribution in [2.45, 2.75) is 50.7 Å². The Bertz CT molecular complexity index is 388. The van der Waals surface area contributed by atoms with E-state index in [2.05, 4.69) is 16.8 Å². The lowest BCUT2D eigenvalue weighted by Gasteiger charge is -2.40. The van der Waals surface area contributed by atoms with Gasteiger partial charge in [-0.2, -0.15) is 0 Å². The fraction of sp³-hybridized carbons (Fsp3) is 0.688. The SMILES string of the molecule is CCN(CCCN)C1CCC(O)(c2ccccn2)CC1. The molecule has 0 amide bonds. The van der Waals surface area contributed by atoms with E-state index >= 15 is 0 Å². The molecule has 0 unspecified atom stereocenters. The van der Waals surface area contributed by atoms with Gasteiger partial charge in [0.25, 0.3) is 0 Å². The van der Waals surface area contributed by atoms with Crippen LogP contribution in [0.15, 0.2) is 24.4 Å². The summed E-state index contributed by atoms with van der Waals surface area (Å²) in [5.74, 6) is 0. The highest BCUT2D eigenvalue weighted by molar-refractivity contribution is 5.14. The van der Waals surface area contributed by atoms with Crippen LogP contribution in [-0.2, 0) is 5.60 Å². The van der Waals surface area contributed by atoms with E-state index in [0.717, 1.165) is 57.4 Å². The lowest BCUT2D eigenvalue weighted by molar-refractivity contribution is -0.0278. The van der Waals surface area contributed by atoms with E-state index in [1.807, 2.05) is 18.2 Å². The molecule has 0 saturated heterocycles. The van der Waals surface area contributed by atoms with Crippen molar-refractivity contribution in [2.24, 2.45) is 5.73 Å². The monoisotopic (exact) mass is 277 g/mol. The zero-order valence-electron chi connectivity index (χ0n) is 12.5. The smallest absolute Gasteiger partial charge is 0.107 e. The molecular weight excluding hydrogens is 250 g/mol. The second-order valence-corrected chi connectivity index (χ2v) is 5.75. The Morgan fingerprint density at radius 1 is 1.40 bits per heavy atom. The van der Waals surface area contributed by atoms with E-state index in [4.69, 9.17) is 5.73 Å². The van der Waals surface area contributed by atoms with Crippen molar-refractivity contribution in [3.63, 3.8) is 0 Å². The second-order valence-electron chi connectivity index (χ2n) is 5.75. The number of hydrogen-bond acceptors (Lipinski definition) is 4. The minimum atomic E-state index is -0.731. The molecule has 1 aromatic heterocycles. The Morgan fingerprint density at radius 3 is 2.70 bits per heavy atom. The minimum Gasteiger partial charge on any atom is -0.384 e. The Hall–Kier alpha value is -0.970. The van der Waals surface area contributed by atoms with Crippen LogP contribution in [0.2, 0.25) is 0 Å². The quantitative estimate of drug-likeness (QED) is 0.833. The molecule has 0 spiro atoms. The van der Waals surface area contributed by atoms with Crippen LogP contribution < -0.4 is 5.73 Å². The first kappa shape index (κ1) is 15.4. The average Bonchev–Trinajstić information content (AvgIpc) is 2.51. The molecule has 0 aromatic carbocycles. The molecule has 1 saturated carbocycles. The maximum Gasteiger partial charge on any atom is 0.107 e. The summed E-state index contributed by atoms with van der Waals surface area (Å²) in [4.78, 5) is 6.84. The molecule has 4 nitrogen and oxygen atoms in total. The molecule has 112 valence electrons. The standard InChI is InChI=1S/C16H27N3O/c1-2-19(13-5-11-17)14-7-9-16(20,10-8-14)15-6-3-4-12-18-15/h3-4,6,12,14,20H,2,5,7-11,13,17H2,1H3. The zero-order valence-corrected chi connectivity index (χ0v) is 12.5. The maximum absolute atomic E-state index is 10.8. The molecule has 4 heteroatoms. The van der Waals surface area contributed by atoms with Crippen molar-refractivity contribution in [1.29, 1.82) is 0 Å². The van der Waals surface area contributed by atoms with Gasteiger partial charge in [-0.05, 0) is 63.9 Å². The molecule has 1 aliphatic rings. The molecule has 20 heavy (non-hydrogen) atoms. The van der Waals surface area contributed by atoms with E-state index in [1.54, 1.807) is 6.20 Å². The van der Waals surface area contributed by atoms with Gasteiger partial charge in [-0.3, -0.25) is 4.98 Å². The van der Waals surface area contributed by atoms with Gasteiger partial charge in [-0.1, -0.05) is 13.0 Å². The summed E-state index contributed by atoms with van der Waals surface area (Å²) in [5, 5.41) is 10.8. The van der Waals surface area contributed by atoms with Gasteiger partial charge in [0, 0.05) is 12.2 Å². The Balaban J connectivity index is 1.94. The van der Waals surface area contributed by atoms with Gasteiger partial charge < -0.3 is 15.7 Å². The summed E-state index contributed by atoms with van der Waals surface area (Å²) in [7, 11) is 0. The predicted molar refractivity (Wildman–Crippen MR) is 81.3 cm³/mol. The Kier molecular flexibility index (Phi) is 5.52. The van der Waals surface area contributed by atoms with Crippen molar-refractivity contribution < 1.29 is 5.11 Å². The Labute approximate surface area is 122 Å². The number of nitrogens with zero attached hydrogens (tertiary/aromatic N) is 2. The summed E-state index contributed by atoms with van der Waals surface area (Å²) in [6.07, 6.45) is 6.48. The highest BCUT2D eigenvalue weighted by atomic mass is 16.3. The highest BCUT2D eigenvalue weighted by Crippen LogP contribution is 2.37. The zero-order chi connectivity index (χ0) is 14.4. The molecule has 1 heterocycles. The van der Waals surface area contributed by atoms with Crippen molar-refractivity contribution in [2.75, 3.05) is 19.6 Å². The molecule has 1 aromatic rings. The first-order valence-corrected chi connectivity index (χ1v) is 7.77. The predicted octanol–water partition coefficient (Wildman–Crippen LogP) is 1.88. The lowest BCUT2D eigenvalue weighted by atomic mass is 9.79. The van der Waals surface area contributed by atoms with Crippen LogP contribution in [0.3, 0.4) is 0 Å². The molecule has 0 aliphatic heterocycles. The molecule has 1 fully saturated rings. The molecule has 2 rings (SSSR count). The van der Waals surface area contributed by atoms with Crippen LogP contribution in [0.4, 0.5) is 0 Å². The van der Waals surface area contributed by atoms with Crippen molar-refractivity contribution in [3.8, 4) is 0 Å². The van der Waals surface area contributed by atoms with Gasteiger partial charge in [-0.15, -0.1) is 0 Å². The highest BCUT2D eigenvalue weighted by Gasteiger charge is 2.37. The summed E-state index contributed by atoms with van der Waals surface area (Å²) >= 11 is 0. The number of aromatic nitrogens is 1. The number of hydrogen-bond donors (Lipinski definition) is 2. The summed E-state index contributed by atoms with van der Waals surface area (Å²) in [6, 6.07) is 6.36. The largest absolute Gasteiger partial charge is 0.384 e. The van der Waals surface area contributed by atoms with Crippen LogP contribution in [0.25, 0.3) is 0 Å². The first-order chi connectivity index (χ1) is 9.69. The van der Waals surface area contributed by atoms with E-state index in [9.17, 15) is 5.11 Å². The van der Waals surface area contributed by atoms with E-state index in [1.165, 1.54) is 0 Å². The fourth-order valence-electron chi connectivity index (χ4n) is 3.23. The van der Waals surface area contributed by atoms with Crippen molar-refractivity contribution >= 4 is 0 Å². The summed E-state index contributed by atoms with van der Waals surface area (Å²) < 4.78 is 0. The number of pyridine rings is 1. The van der Waals surface area contributed by atoms with Crippen LogP contribution >= 0.6 is 0 Å². The number of nitrogens with two attached hydrogens (primary N) is 1. The van der Waals surface area contributed by atoms with E-state index < -0.39 is 5.60 Å². The van der Waals surface area contributed by atoms with Crippen molar-refractivity contribution in [1.82, 2.24) is 9.88 Å². The maximum atomic E-state index is 10.8. The fourth-order valence-corrected chi connectivity index (χ4v) is 3.23. The first-order valence-electron chi connectivity index (χ1n) is 7.77. The third kappa shape index (κ3) is 3.57. The average molecular weight is 277 g/mol. The van der Waals surface area contributed by atoms with Crippen LogP contribution in [0, 0.1) is 0 Å². The van der Waals surface area contributed by atoms with Gasteiger partial charge in [0.1, 0.15) is 5.60 Å². The minimum absolute atomic E-state index is 0.579. The van der Waals surface area contributed by atoms with Crippen LogP contribution in [0.5, 0.6) is 0 Å². The van der Waals surface area contributed by atoms with E-state index in [0.29, 0.717) is 6.04 Å². The van der Waals surface area contributed by atoms with Gasteiger partial charge >= 0.3 is 0 Å². The second kappa shape index (κ2) is 7.16.